The summed E-state index contributed by atoms with van der Waals surface area (Å²) in [6.07, 6.45) is 7.91. The van der Waals surface area contributed by atoms with Gasteiger partial charge in [-0.1, -0.05) is 35.3 Å². The number of piperidine rings is 1. The predicted molar refractivity (Wildman–Crippen MR) is 125 cm³/mol. The average molecular weight is 462 g/mol. The molecular weight excluding hydrogens is 433 g/mol. The summed E-state index contributed by atoms with van der Waals surface area (Å²) >= 11 is 12.5. The Morgan fingerprint density at radius 2 is 1.68 bits per heavy atom. The SMILES string of the molecule is COc1ccc(CC2CCN(C(=O)c3c(Cl)cccc3Cl)CC2)cc1OC1CCCC1. The summed E-state index contributed by atoms with van der Waals surface area (Å²) in [6.45, 7) is 1.43. The van der Waals surface area contributed by atoms with E-state index in [0.29, 0.717) is 40.7 Å². The highest BCUT2D eigenvalue weighted by Crippen LogP contribution is 2.34. The van der Waals surface area contributed by atoms with E-state index in [4.69, 9.17) is 32.7 Å². The van der Waals surface area contributed by atoms with E-state index in [0.717, 1.165) is 43.6 Å². The maximum absolute atomic E-state index is 12.9. The third-order valence-corrected chi connectivity index (χ3v) is 7.06. The number of carbonyl (C=O) groups is 1. The fourth-order valence-electron chi connectivity index (χ4n) is 4.66. The van der Waals surface area contributed by atoms with Crippen molar-refractivity contribution in [2.75, 3.05) is 20.2 Å². The topological polar surface area (TPSA) is 38.8 Å². The molecule has 2 fully saturated rings. The highest BCUT2D eigenvalue weighted by Gasteiger charge is 2.27. The Morgan fingerprint density at radius 3 is 2.32 bits per heavy atom. The predicted octanol–water partition coefficient (Wildman–Crippen LogP) is 6.42. The molecule has 0 spiro atoms. The Bertz CT molecular complexity index is 899. The van der Waals surface area contributed by atoms with Crippen LogP contribution in [0.5, 0.6) is 11.5 Å². The molecule has 4 nitrogen and oxygen atoms in total. The quantitative estimate of drug-likeness (QED) is 0.498. The lowest BCUT2D eigenvalue weighted by Crippen LogP contribution is -2.39. The molecular formula is C25H29Cl2NO3. The van der Waals surface area contributed by atoms with E-state index in [-0.39, 0.29) is 5.91 Å². The highest BCUT2D eigenvalue weighted by atomic mass is 35.5. The fraction of sp³-hybridized carbons (Fsp3) is 0.480. The minimum absolute atomic E-state index is 0.0780. The van der Waals surface area contributed by atoms with E-state index in [1.54, 1.807) is 25.3 Å². The molecule has 4 rings (SSSR count). The standard InChI is InChI=1S/C25H29Cl2NO3/c1-30-22-10-9-18(16-23(22)31-19-5-2-3-6-19)15-17-11-13-28(14-12-17)25(29)24-20(26)7-4-8-21(24)27/h4,7-10,16-17,19H,2-3,5-6,11-15H2,1H3. The van der Waals surface area contributed by atoms with Crippen LogP contribution in [0.2, 0.25) is 10.0 Å². The van der Waals surface area contributed by atoms with Crippen LogP contribution in [-0.2, 0) is 6.42 Å². The van der Waals surface area contributed by atoms with Crippen molar-refractivity contribution in [3.05, 3.63) is 57.6 Å². The van der Waals surface area contributed by atoms with Crippen LogP contribution in [0.25, 0.3) is 0 Å². The van der Waals surface area contributed by atoms with Gasteiger partial charge in [-0.2, -0.15) is 0 Å². The molecule has 1 saturated carbocycles. The van der Waals surface area contributed by atoms with Crippen molar-refractivity contribution >= 4 is 29.1 Å². The number of hydrogen-bond donors (Lipinski definition) is 0. The van der Waals surface area contributed by atoms with Crippen LogP contribution in [0.1, 0.15) is 54.4 Å². The van der Waals surface area contributed by atoms with E-state index >= 15 is 0 Å². The summed E-state index contributed by atoms with van der Waals surface area (Å²) in [4.78, 5) is 14.8. The molecule has 1 saturated heterocycles. The monoisotopic (exact) mass is 461 g/mol. The molecule has 0 bridgehead atoms. The second-order valence-electron chi connectivity index (χ2n) is 8.55. The van der Waals surface area contributed by atoms with E-state index in [1.807, 2.05) is 11.0 Å². The van der Waals surface area contributed by atoms with Crippen molar-refractivity contribution in [3.63, 3.8) is 0 Å². The molecule has 6 heteroatoms. The molecule has 1 aliphatic carbocycles. The van der Waals surface area contributed by atoms with Gasteiger partial charge in [0.2, 0.25) is 0 Å². The number of halogens is 2. The summed E-state index contributed by atoms with van der Waals surface area (Å²) in [5.41, 5.74) is 1.67. The van der Waals surface area contributed by atoms with Crippen LogP contribution in [0, 0.1) is 5.92 Å². The van der Waals surface area contributed by atoms with E-state index in [2.05, 4.69) is 12.1 Å². The van der Waals surface area contributed by atoms with Gasteiger partial charge in [0, 0.05) is 13.1 Å². The van der Waals surface area contributed by atoms with E-state index < -0.39 is 0 Å². The van der Waals surface area contributed by atoms with Gasteiger partial charge < -0.3 is 14.4 Å². The zero-order valence-corrected chi connectivity index (χ0v) is 19.4. The Balaban J connectivity index is 1.37. The van der Waals surface area contributed by atoms with Crippen LogP contribution in [-0.4, -0.2) is 37.1 Å². The summed E-state index contributed by atoms with van der Waals surface area (Å²) in [5.74, 6) is 2.10. The molecule has 2 aromatic carbocycles. The Hall–Kier alpha value is -1.91. The van der Waals surface area contributed by atoms with Gasteiger partial charge in [0.1, 0.15) is 0 Å². The molecule has 2 aromatic rings. The van der Waals surface area contributed by atoms with Crippen LogP contribution >= 0.6 is 23.2 Å². The molecule has 1 amide bonds. The molecule has 0 unspecified atom stereocenters. The number of hydrogen-bond acceptors (Lipinski definition) is 3. The van der Waals surface area contributed by atoms with Crippen LogP contribution in [0.4, 0.5) is 0 Å². The summed E-state index contributed by atoms with van der Waals surface area (Å²) in [7, 11) is 1.69. The molecule has 0 aromatic heterocycles. The fourth-order valence-corrected chi connectivity index (χ4v) is 5.22. The summed E-state index contributed by atoms with van der Waals surface area (Å²) in [5, 5.41) is 0.820. The zero-order valence-electron chi connectivity index (χ0n) is 17.9. The van der Waals surface area contributed by atoms with Gasteiger partial charge in [0.15, 0.2) is 11.5 Å². The third-order valence-electron chi connectivity index (χ3n) is 6.43. The van der Waals surface area contributed by atoms with Crippen molar-refractivity contribution in [2.45, 2.75) is 51.0 Å². The number of nitrogens with zero attached hydrogens (tertiary/aromatic N) is 1. The van der Waals surface area contributed by atoms with Gasteiger partial charge in [0.05, 0.1) is 28.8 Å². The smallest absolute Gasteiger partial charge is 0.256 e. The summed E-state index contributed by atoms with van der Waals surface area (Å²) in [6, 6.07) is 11.5. The second-order valence-corrected chi connectivity index (χ2v) is 9.36. The van der Waals surface area contributed by atoms with Gasteiger partial charge in [-0.3, -0.25) is 4.79 Å². The number of methoxy groups -OCH3 is 1. The van der Waals surface area contributed by atoms with Crippen LogP contribution < -0.4 is 9.47 Å². The van der Waals surface area contributed by atoms with Gasteiger partial charge in [-0.15, -0.1) is 0 Å². The Labute approximate surface area is 194 Å². The number of likely N-dealkylation sites (tertiary alicyclic amines) is 1. The highest BCUT2D eigenvalue weighted by molar-refractivity contribution is 6.39. The number of benzene rings is 2. The largest absolute Gasteiger partial charge is 0.493 e. The van der Waals surface area contributed by atoms with E-state index in [1.165, 1.54) is 18.4 Å². The van der Waals surface area contributed by atoms with Crippen molar-refractivity contribution < 1.29 is 14.3 Å². The molecule has 1 heterocycles. The average Bonchev–Trinajstić information content (AvgIpc) is 3.27. The van der Waals surface area contributed by atoms with Gasteiger partial charge >= 0.3 is 0 Å². The van der Waals surface area contributed by atoms with Crippen LogP contribution in [0.15, 0.2) is 36.4 Å². The lowest BCUT2D eigenvalue weighted by molar-refractivity contribution is 0.0691. The van der Waals surface area contributed by atoms with Gasteiger partial charge in [0.25, 0.3) is 5.91 Å². The van der Waals surface area contributed by atoms with Crippen LogP contribution in [0.3, 0.4) is 0 Å². The maximum atomic E-state index is 12.9. The number of ether oxygens (including phenoxy) is 2. The molecule has 0 N–H and O–H groups in total. The number of rotatable bonds is 6. The van der Waals surface area contributed by atoms with Crippen molar-refractivity contribution in [1.29, 1.82) is 0 Å². The van der Waals surface area contributed by atoms with Gasteiger partial charge in [-0.25, -0.2) is 0 Å². The van der Waals surface area contributed by atoms with Crippen molar-refractivity contribution in [1.82, 2.24) is 4.90 Å². The second kappa shape index (κ2) is 10.1. The molecule has 1 aliphatic heterocycles. The maximum Gasteiger partial charge on any atom is 0.256 e. The van der Waals surface area contributed by atoms with E-state index in [9.17, 15) is 4.79 Å². The number of amides is 1. The zero-order chi connectivity index (χ0) is 21.8. The molecule has 2 aliphatic rings. The van der Waals surface area contributed by atoms with Crippen molar-refractivity contribution in [3.8, 4) is 11.5 Å². The number of carbonyl (C=O) groups excluding carboxylic acids is 1. The molecule has 0 atom stereocenters. The first-order chi connectivity index (χ1) is 15.0. The third kappa shape index (κ3) is 5.30. The summed E-state index contributed by atoms with van der Waals surface area (Å²) < 4.78 is 11.8. The van der Waals surface area contributed by atoms with Crippen molar-refractivity contribution in [2.24, 2.45) is 5.92 Å². The minimum Gasteiger partial charge on any atom is -0.493 e. The Kier molecular flexibility index (Phi) is 7.29. The Morgan fingerprint density at radius 1 is 1.00 bits per heavy atom. The molecule has 31 heavy (non-hydrogen) atoms. The first-order valence-electron chi connectivity index (χ1n) is 11.1. The molecule has 0 radical (unpaired) electrons. The molecule has 166 valence electrons. The lowest BCUT2D eigenvalue weighted by Gasteiger charge is -2.32. The first kappa shape index (κ1) is 22.3. The van der Waals surface area contributed by atoms with Gasteiger partial charge in [-0.05, 0) is 80.7 Å². The lowest BCUT2D eigenvalue weighted by atomic mass is 9.90. The normalized spacial score (nSPS) is 17.7. The minimum atomic E-state index is -0.0780. The first-order valence-corrected chi connectivity index (χ1v) is 11.9.